The summed E-state index contributed by atoms with van der Waals surface area (Å²) in [4.78, 5) is 27.3. The summed E-state index contributed by atoms with van der Waals surface area (Å²) in [5, 5.41) is 5.59. The quantitative estimate of drug-likeness (QED) is 0.363. The van der Waals surface area contributed by atoms with Crippen molar-refractivity contribution < 1.29 is 22.7 Å². The zero-order valence-electron chi connectivity index (χ0n) is 20.0. The Balaban J connectivity index is 2.69. The smallest absolute Gasteiger partial charge is 0.339 e. The van der Waals surface area contributed by atoms with E-state index in [1.165, 1.54) is 6.92 Å². The molecule has 33 heavy (non-hydrogen) atoms. The summed E-state index contributed by atoms with van der Waals surface area (Å²) in [6, 6.07) is 7.22. The molecular weight excluding hydrogens is 460 g/mol. The lowest BCUT2D eigenvalue weighted by molar-refractivity contribution is -0.129. The number of thiophene rings is 1. The van der Waals surface area contributed by atoms with Crippen molar-refractivity contribution in [2.24, 2.45) is 11.1 Å². The Labute approximate surface area is 201 Å². The van der Waals surface area contributed by atoms with Gasteiger partial charge in [0.15, 0.2) is 0 Å². The van der Waals surface area contributed by atoms with Crippen LogP contribution in [-0.4, -0.2) is 38.3 Å². The maximum absolute atomic E-state index is 13.2. The Hall–Kier alpha value is -2.23. The van der Waals surface area contributed by atoms with Gasteiger partial charge in [0.05, 0.1) is 12.2 Å². The van der Waals surface area contributed by atoms with E-state index in [1.807, 2.05) is 39.8 Å². The van der Waals surface area contributed by atoms with Crippen LogP contribution in [0, 0.1) is 5.92 Å². The van der Waals surface area contributed by atoms with Gasteiger partial charge in [-0.3, -0.25) is 4.79 Å². The van der Waals surface area contributed by atoms with Crippen LogP contribution >= 0.6 is 11.3 Å². The van der Waals surface area contributed by atoms with Crippen molar-refractivity contribution >= 4 is 33.2 Å². The van der Waals surface area contributed by atoms with Crippen molar-refractivity contribution in [2.75, 3.05) is 13.2 Å². The maximum atomic E-state index is 13.2. The molecule has 0 saturated carbocycles. The van der Waals surface area contributed by atoms with Gasteiger partial charge >= 0.3 is 5.97 Å². The minimum Gasteiger partial charge on any atom is -0.462 e. The van der Waals surface area contributed by atoms with Crippen LogP contribution in [0.4, 0.5) is 0 Å². The number of hydrogen-bond acceptors (Lipinski definition) is 6. The predicted molar refractivity (Wildman–Crippen MR) is 132 cm³/mol. The van der Waals surface area contributed by atoms with Crippen LogP contribution in [0.3, 0.4) is 0 Å². The molecule has 182 valence electrons. The highest BCUT2D eigenvalue weighted by atomic mass is 32.2. The second-order valence-electron chi connectivity index (χ2n) is 8.43. The van der Waals surface area contributed by atoms with E-state index in [9.17, 15) is 18.0 Å². The van der Waals surface area contributed by atoms with Gasteiger partial charge in [0, 0.05) is 30.5 Å². The van der Waals surface area contributed by atoms with E-state index in [2.05, 4.69) is 0 Å². The predicted octanol–water partition coefficient (Wildman–Crippen LogP) is 4.59. The minimum atomic E-state index is -4.09. The van der Waals surface area contributed by atoms with Crippen molar-refractivity contribution in [3.8, 4) is 11.1 Å². The van der Waals surface area contributed by atoms with E-state index >= 15 is 0 Å². The zero-order valence-corrected chi connectivity index (χ0v) is 21.6. The highest BCUT2D eigenvalue weighted by Gasteiger charge is 2.31. The Kier molecular flexibility index (Phi) is 9.63. The molecule has 2 aromatic rings. The van der Waals surface area contributed by atoms with Gasteiger partial charge in [0.1, 0.15) is 4.21 Å². The van der Waals surface area contributed by atoms with E-state index in [0.29, 0.717) is 30.0 Å². The van der Waals surface area contributed by atoms with E-state index in [0.717, 1.165) is 29.7 Å². The second-order valence-corrected chi connectivity index (χ2v) is 11.3. The lowest BCUT2D eigenvalue weighted by Crippen LogP contribution is -2.27. The van der Waals surface area contributed by atoms with E-state index in [-0.39, 0.29) is 33.8 Å². The fourth-order valence-corrected chi connectivity index (χ4v) is 6.04. The van der Waals surface area contributed by atoms with E-state index in [4.69, 9.17) is 9.88 Å². The standard InChI is InChI=1S/C24H34N2O5S2/c1-6-8-12-31-23(28)22-20(13-16(3)4)32-24(33(25,29)30)21(22)19-11-9-10-18(14-19)15-26(7-2)17(5)27/h9-11,14,16H,6-8,12-13,15H2,1-5H3,(H2,25,29,30). The summed E-state index contributed by atoms with van der Waals surface area (Å²) in [5.74, 6) is -0.389. The number of rotatable bonds is 11. The Morgan fingerprint density at radius 3 is 2.45 bits per heavy atom. The van der Waals surface area contributed by atoms with Crippen LogP contribution in [0.5, 0.6) is 0 Å². The van der Waals surface area contributed by atoms with Crippen LogP contribution < -0.4 is 5.14 Å². The van der Waals surface area contributed by atoms with Crippen LogP contribution in [-0.2, 0) is 32.5 Å². The number of esters is 1. The molecular formula is C24H34N2O5S2. The first-order valence-corrected chi connectivity index (χ1v) is 13.6. The summed E-state index contributed by atoms with van der Waals surface area (Å²) in [6.07, 6.45) is 2.12. The molecule has 0 aliphatic heterocycles. The molecule has 0 radical (unpaired) electrons. The average molecular weight is 495 g/mol. The normalized spacial score (nSPS) is 11.6. The van der Waals surface area contributed by atoms with Crippen molar-refractivity contribution in [1.29, 1.82) is 0 Å². The number of carbonyl (C=O) groups is 2. The molecule has 1 heterocycles. The summed E-state index contributed by atoms with van der Waals surface area (Å²) in [6.45, 7) is 10.6. The number of unbranched alkanes of at least 4 members (excludes halogenated alkanes) is 1. The molecule has 0 aliphatic rings. The van der Waals surface area contributed by atoms with Gasteiger partial charge < -0.3 is 9.64 Å². The first-order chi connectivity index (χ1) is 15.5. The molecule has 1 aromatic carbocycles. The number of amides is 1. The van der Waals surface area contributed by atoms with Gasteiger partial charge in [-0.25, -0.2) is 18.4 Å². The van der Waals surface area contributed by atoms with Gasteiger partial charge in [-0.15, -0.1) is 11.3 Å². The Morgan fingerprint density at radius 2 is 1.91 bits per heavy atom. The molecule has 0 spiro atoms. The van der Waals surface area contributed by atoms with Crippen molar-refractivity contribution in [1.82, 2.24) is 4.90 Å². The third-order valence-corrected chi connectivity index (χ3v) is 7.83. The SMILES string of the molecule is CCCCOC(=O)c1c(CC(C)C)sc(S(N)(=O)=O)c1-c1cccc(CN(CC)C(C)=O)c1. The van der Waals surface area contributed by atoms with Crippen LogP contribution in [0.15, 0.2) is 28.5 Å². The van der Waals surface area contributed by atoms with Gasteiger partial charge in [0.2, 0.25) is 15.9 Å². The third kappa shape index (κ3) is 7.12. The molecule has 0 bridgehead atoms. The van der Waals surface area contributed by atoms with Crippen LogP contribution in [0.2, 0.25) is 0 Å². The fourth-order valence-electron chi connectivity index (χ4n) is 3.52. The number of primary sulfonamides is 1. The summed E-state index contributed by atoms with van der Waals surface area (Å²) in [5.41, 5.74) is 1.94. The summed E-state index contributed by atoms with van der Waals surface area (Å²) >= 11 is 1.03. The topological polar surface area (TPSA) is 107 Å². The number of ether oxygens (including phenoxy) is 1. The lowest BCUT2D eigenvalue weighted by atomic mass is 9.98. The molecule has 0 saturated heterocycles. The number of benzene rings is 1. The molecule has 0 aliphatic carbocycles. The lowest BCUT2D eigenvalue weighted by Gasteiger charge is -2.19. The van der Waals surface area contributed by atoms with E-state index < -0.39 is 16.0 Å². The highest BCUT2D eigenvalue weighted by Crippen LogP contribution is 2.41. The molecule has 1 aromatic heterocycles. The fraction of sp³-hybridized carbons (Fsp3) is 0.500. The van der Waals surface area contributed by atoms with Crippen LogP contribution in [0.25, 0.3) is 11.1 Å². The molecule has 7 nitrogen and oxygen atoms in total. The maximum Gasteiger partial charge on any atom is 0.339 e. The zero-order chi connectivity index (χ0) is 24.8. The van der Waals surface area contributed by atoms with Gasteiger partial charge in [-0.2, -0.15) is 0 Å². The van der Waals surface area contributed by atoms with Crippen molar-refractivity contribution in [2.45, 2.75) is 64.6 Å². The third-order valence-electron chi connectivity index (χ3n) is 5.15. The molecule has 2 N–H and O–H groups in total. The number of nitrogens with two attached hydrogens (primary N) is 1. The van der Waals surface area contributed by atoms with Gasteiger partial charge in [-0.05, 0) is 42.9 Å². The molecule has 2 rings (SSSR count). The number of carbonyl (C=O) groups excluding carboxylic acids is 2. The van der Waals surface area contributed by atoms with Gasteiger partial charge in [-0.1, -0.05) is 45.4 Å². The highest BCUT2D eigenvalue weighted by molar-refractivity contribution is 7.91. The van der Waals surface area contributed by atoms with Crippen LogP contribution in [0.1, 0.15) is 68.3 Å². The first kappa shape index (κ1) is 27.0. The molecule has 9 heteroatoms. The Bertz CT molecular complexity index is 1090. The molecule has 0 unspecified atom stereocenters. The number of nitrogens with zero attached hydrogens (tertiary/aromatic N) is 1. The minimum absolute atomic E-state index is 0.0448. The average Bonchev–Trinajstić information content (AvgIpc) is 3.11. The summed E-state index contributed by atoms with van der Waals surface area (Å²) < 4.78 is 30.5. The number of sulfonamides is 1. The monoisotopic (exact) mass is 494 g/mol. The molecule has 0 fully saturated rings. The molecule has 1 amide bonds. The summed E-state index contributed by atoms with van der Waals surface area (Å²) in [7, 11) is -4.09. The van der Waals surface area contributed by atoms with Crippen molar-refractivity contribution in [3.05, 3.63) is 40.3 Å². The van der Waals surface area contributed by atoms with E-state index in [1.54, 1.807) is 17.0 Å². The van der Waals surface area contributed by atoms with Gasteiger partial charge in [0.25, 0.3) is 0 Å². The second kappa shape index (κ2) is 11.8. The first-order valence-electron chi connectivity index (χ1n) is 11.2. The Morgan fingerprint density at radius 1 is 1.21 bits per heavy atom. The number of hydrogen-bond donors (Lipinski definition) is 1. The largest absolute Gasteiger partial charge is 0.462 e. The van der Waals surface area contributed by atoms with Crippen molar-refractivity contribution in [3.63, 3.8) is 0 Å². The molecule has 0 atom stereocenters.